The van der Waals surface area contributed by atoms with E-state index < -0.39 is 0 Å². The molecule has 1 aliphatic carbocycles. The Morgan fingerprint density at radius 2 is 2.24 bits per heavy atom. The monoisotopic (exact) mass is 337 g/mol. The Morgan fingerprint density at radius 1 is 1.48 bits per heavy atom. The number of nitrogens with one attached hydrogen (secondary N) is 2. The van der Waals surface area contributed by atoms with Crippen LogP contribution in [0.15, 0.2) is 47.0 Å². The van der Waals surface area contributed by atoms with E-state index in [9.17, 15) is 0 Å². The fourth-order valence-electron chi connectivity index (χ4n) is 1.84. The molecule has 3 nitrogen and oxygen atoms in total. The predicted octanol–water partition coefficient (Wildman–Crippen LogP) is 4.55. The summed E-state index contributed by atoms with van der Waals surface area (Å²) in [7, 11) is 1.83. The van der Waals surface area contributed by atoms with Crippen molar-refractivity contribution in [3.05, 3.63) is 47.1 Å². The van der Waals surface area contributed by atoms with Gasteiger partial charge < -0.3 is 10.2 Å². The molecule has 0 spiro atoms. The summed E-state index contributed by atoms with van der Waals surface area (Å²) >= 11 is 13.0. The van der Waals surface area contributed by atoms with Crippen LogP contribution in [0.25, 0.3) is 0 Å². The zero-order valence-corrected chi connectivity index (χ0v) is 14.2. The second-order valence-electron chi connectivity index (χ2n) is 4.52. The lowest BCUT2D eigenvalue weighted by Crippen LogP contribution is -2.31. The molecule has 6 heteroatoms. The van der Waals surface area contributed by atoms with E-state index in [1.165, 1.54) is 0 Å². The molecule has 0 radical (unpaired) electrons. The fraction of sp³-hybridized carbons (Fsp3) is 0.200. The molecule has 0 heterocycles. The maximum absolute atomic E-state index is 8.19. The van der Waals surface area contributed by atoms with Gasteiger partial charge >= 0.3 is 0 Å². The summed E-state index contributed by atoms with van der Waals surface area (Å²) < 4.78 is 0. The maximum Gasteiger partial charge on any atom is 0.199 e. The molecule has 2 rings (SSSR count). The van der Waals surface area contributed by atoms with Gasteiger partial charge in [-0.15, -0.1) is 11.8 Å². The molecule has 0 unspecified atom stereocenters. The van der Waals surface area contributed by atoms with Gasteiger partial charge in [0.2, 0.25) is 0 Å². The summed E-state index contributed by atoms with van der Waals surface area (Å²) in [6.07, 6.45) is 8.66. The summed E-state index contributed by atoms with van der Waals surface area (Å²) in [5, 5.41) is 11.8. The SMILES string of the molecule is CSc1ccc(Cl)c(NC(=N)N(C)C2=CC(=S)CC=C2)c1. The van der Waals surface area contributed by atoms with E-state index in [2.05, 4.69) is 5.32 Å². The quantitative estimate of drug-likeness (QED) is 0.367. The van der Waals surface area contributed by atoms with Gasteiger partial charge in [0.1, 0.15) is 0 Å². The predicted molar refractivity (Wildman–Crippen MR) is 96.8 cm³/mol. The molecule has 0 amide bonds. The average molecular weight is 338 g/mol. The normalized spacial score (nSPS) is 13.9. The molecule has 21 heavy (non-hydrogen) atoms. The Labute approximate surface area is 139 Å². The Kier molecular flexibility index (Phi) is 5.45. The summed E-state index contributed by atoms with van der Waals surface area (Å²) in [5.74, 6) is 0.246. The Bertz CT molecular complexity index is 638. The first-order chi connectivity index (χ1) is 10.0. The minimum atomic E-state index is 0.246. The highest BCUT2D eigenvalue weighted by Gasteiger charge is 2.12. The third-order valence-corrected chi connectivity index (χ3v) is 4.41. The minimum absolute atomic E-state index is 0.246. The van der Waals surface area contributed by atoms with Crippen molar-refractivity contribution < 1.29 is 0 Å². The summed E-state index contributed by atoms with van der Waals surface area (Å²) in [4.78, 5) is 3.70. The topological polar surface area (TPSA) is 39.1 Å². The molecule has 0 aromatic heterocycles. The zero-order chi connectivity index (χ0) is 15.4. The first-order valence-corrected chi connectivity index (χ1v) is 8.36. The number of hydrogen-bond acceptors (Lipinski definition) is 3. The second kappa shape index (κ2) is 7.11. The summed E-state index contributed by atoms with van der Waals surface area (Å²) in [6.45, 7) is 0. The number of anilines is 1. The number of allylic oxidation sites excluding steroid dienone is 3. The number of hydrogen-bond donors (Lipinski definition) is 2. The minimum Gasteiger partial charge on any atom is -0.325 e. The molecule has 1 aliphatic rings. The van der Waals surface area contributed by atoms with Crippen LogP contribution in [0.1, 0.15) is 6.42 Å². The second-order valence-corrected chi connectivity index (χ2v) is 6.33. The summed E-state index contributed by atoms with van der Waals surface area (Å²) in [5.41, 5.74) is 1.62. The van der Waals surface area contributed by atoms with Gasteiger partial charge in [0, 0.05) is 28.9 Å². The van der Waals surface area contributed by atoms with Gasteiger partial charge in [0.25, 0.3) is 0 Å². The molecule has 2 N–H and O–H groups in total. The van der Waals surface area contributed by atoms with E-state index in [1.807, 2.05) is 49.7 Å². The van der Waals surface area contributed by atoms with Crippen LogP contribution >= 0.6 is 35.6 Å². The van der Waals surface area contributed by atoms with Crippen LogP contribution in [0.5, 0.6) is 0 Å². The fourth-order valence-corrected chi connectivity index (χ4v) is 2.67. The molecule has 0 aliphatic heterocycles. The van der Waals surface area contributed by atoms with E-state index in [-0.39, 0.29) is 5.96 Å². The number of thiocarbonyl (C=S) groups is 1. The molecule has 0 bridgehead atoms. The molecular formula is C15H16ClN3S2. The number of likely N-dealkylation sites (N-methyl/N-ethyl adjacent to an activating group) is 1. The van der Waals surface area contributed by atoms with E-state index in [0.717, 1.165) is 27.6 Å². The van der Waals surface area contributed by atoms with Crippen molar-refractivity contribution in [2.45, 2.75) is 11.3 Å². The van der Waals surface area contributed by atoms with Crippen molar-refractivity contribution in [1.29, 1.82) is 5.41 Å². The lowest BCUT2D eigenvalue weighted by Gasteiger charge is -2.24. The molecule has 0 fully saturated rings. The highest BCUT2D eigenvalue weighted by atomic mass is 35.5. The average Bonchev–Trinajstić information content (AvgIpc) is 2.48. The molecule has 1 aromatic rings. The number of halogens is 1. The van der Waals surface area contributed by atoms with Crippen LogP contribution in [0, 0.1) is 5.41 Å². The van der Waals surface area contributed by atoms with E-state index in [0.29, 0.717) is 5.02 Å². The first-order valence-electron chi connectivity index (χ1n) is 6.35. The van der Waals surface area contributed by atoms with Crippen LogP contribution in [0.4, 0.5) is 5.69 Å². The Balaban J connectivity index is 2.14. The third kappa shape index (κ3) is 4.09. The highest BCUT2D eigenvalue weighted by Crippen LogP contribution is 2.27. The standard InChI is InChI=1S/C15H16ClN3S2/c1-19(10-4-3-5-11(20)8-10)15(17)18-14-9-12(21-2)6-7-13(14)16/h3-4,6-9H,5H2,1-2H3,(H2,17,18). The molecule has 110 valence electrons. The van der Waals surface area contributed by atoms with Gasteiger partial charge in [0.05, 0.1) is 10.7 Å². The van der Waals surface area contributed by atoms with Crippen LogP contribution in [0.2, 0.25) is 5.02 Å². The number of nitrogens with zero attached hydrogens (tertiary/aromatic N) is 1. The van der Waals surface area contributed by atoms with Crippen LogP contribution in [0.3, 0.4) is 0 Å². The number of benzene rings is 1. The van der Waals surface area contributed by atoms with Crippen molar-refractivity contribution in [3.63, 3.8) is 0 Å². The smallest absolute Gasteiger partial charge is 0.199 e. The van der Waals surface area contributed by atoms with Crippen LogP contribution in [-0.2, 0) is 0 Å². The molecule has 0 saturated heterocycles. The lowest BCUT2D eigenvalue weighted by molar-refractivity contribution is 0.639. The van der Waals surface area contributed by atoms with E-state index in [1.54, 1.807) is 16.7 Å². The Morgan fingerprint density at radius 3 is 2.90 bits per heavy atom. The maximum atomic E-state index is 8.19. The van der Waals surface area contributed by atoms with Gasteiger partial charge in [-0.25, -0.2) is 0 Å². The van der Waals surface area contributed by atoms with Crippen molar-refractivity contribution in [2.24, 2.45) is 0 Å². The molecule has 1 aromatic carbocycles. The zero-order valence-electron chi connectivity index (χ0n) is 11.8. The Hall–Kier alpha value is -1.30. The number of rotatable bonds is 3. The van der Waals surface area contributed by atoms with Crippen molar-refractivity contribution in [3.8, 4) is 0 Å². The number of guanidine groups is 1. The van der Waals surface area contributed by atoms with Crippen LogP contribution < -0.4 is 5.32 Å². The lowest BCUT2D eigenvalue weighted by atomic mass is 10.1. The molecular weight excluding hydrogens is 322 g/mol. The van der Waals surface area contributed by atoms with E-state index in [4.69, 9.17) is 29.2 Å². The third-order valence-electron chi connectivity index (χ3n) is 3.07. The largest absolute Gasteiger partial charge is 0.325 e. The highest BCUT2D eigenvalue weighted by molar-refractivity contribution is 7.98. The van der Waals surface area contributed by atoms with Gasteiger partial charge in [-0.3, -0.25) is 5.41 Å². The van der Waals surface area contributed by atoms with Gasteiger partial charge in [-0.1, -0.05) is 29.9 Å². The molecule has 0 saturated carbocycles. The summed E-state index contributed by atoms with van der Waals surface area (Å²) in [6, 6.07) is 5.72. The van der Waals surface area contributed by atoms with Crippen LogP contribution in [-0.4, -0.2) is 29.0 Å². The number of thioether (sulfide) groups is 1. The van der Waals surface area contributed by atoms with E-state index >= 15 is 0 Å². The van der Waals surface area contributed by atoms with Crippen molar-refractivity contribution >= 4 is 52.1 Å². The molecule has 0 atom stereocenters. The van der Waals surface area contributed by atoms with Gasteiger partial charge in [-0.05, 0) is 36.6 Å². The first kappa shape index (κ1) is 16.1. The van der Waals surface area contributed by atoms with Crippen molar-refractivity contribution in [1.82, 2.24) is 4.90 Å². The van der Waals surface area contributed by atoms with Crippen molar-refractivity contribution in [2.75, 3.05) is 18.6 Å². The van der Waals surface area contributed by atoms with Gasteiger partial charge in [0.15, 0.2) is 5.96 Å². The van der Waals surface area contributed by atoms with Gasteiger partial charge in [-0.2, -0.15) is 0 Å².